The van der Waals surface area contributed by atoms with Crippen LogP contribution in [0.25, 0.3) is 0 Å². The van der Waals surface area contributed by atoms with Crippen LogP contribution in [-0.4, -0.2) is 18.9 Å². The molecule has 0 heterocycles. The van der Waals surface area contributed by atoms with Gasteiger partial charge in [0.1, 0.15) is 5.82 Å². The van der Waals surface area contributed by atoms with E-state index in [0.717, 1.165) is 4.47 Å². The summed E-state index contributed by atoms with van der Waals surface area (Å²) in [7, 11) is 0. The normalized spacial score (nSPS) is 10.3. The second-order valence-corrected chi connectivity index (χ2v) is 5.22. The van der Waals surface area contributed by atoms with Gasteiger partial charge in [-0.3, -0.25) is 4.79 Å². The van der Waals surface area contributed by atoms with Crippen molar-refractivity contribution < 1.29 is 9.18 Å². The Labute approximate surface area is 126 Å². The zero-order valence-corrected chi connectivity index (χ0v) is 12.7. The Morgan fingerprint density at radius 2 is 1.80 bits per heavy atom. The summed E-state index contributed by atoms with van der Waals surface area (Å²) in [5.41, 5.74) is 1.07. The number of ketones is 1. The van der Waals surface area contributed by atoms with Gasteiger partial charge in [-0.2, -0.15) is 0 Å². The number of Topliss-reactive ketones (excluding diaryl/α,β-unsaturated/α-hetero) is 1. The lowest BCUT2D eigenvalue weighted by molar-refractivity contribution is 0.0998. The molecule has 0 saturated carbocycles. The second-order valence-electron chi connectivity index (χ2n) is 4.37. The molecule has 0 unspecified atom stereocenters. The van der Waals surface area contributed by atoms with Crippen molar-refractivity contribution in [3.05, 3.63) is 64.4 Å². The molecule has 0 N–H and O–H groups in total. The fourth-order valence-electron chi connectivity index (χ4n) is 2.02. The summed E-state index contributed by atoms with van der Waals surface area (Å²) in [5.74, 6) is -0.350. The smallest absolute Gasteiger partial charge is 0.183 e. The molecular formula is C16H15BrFNO. The molecule has 0 bridgehead atoms. The summed E-state index contributed by atoms with van der Waals surface area (Å²) in [6, 6.07) is 13.8. The number of carbonyl (C=O) groups excluding carboxylic acids is 1. The maximum Gasteiger partial charge on any atom is 0.183 e. The van der Waals surface area contributed by atoms with E-state index in [4.69, 9.17) is 0 Å². The van der Waals surface area contributed by atoms with Crippen molar-refractivity contribution in [2.24, 2.45) is 0 Å². The predicted octanol–water partition coefficient (Wildman–Crippen LogP) is 4.30. The highest BCUT2D eigenvalue weighted by Gasteiger charge is 2.16. The van der Waals surface area contributed by atoms with Crippen LogP contribution in [0.5, 0.6) is 0 Å². The first-order valence-electron chi connectivity index (χ1n) is 6.40. The Hall–Kier alpha value is -1.68. The maximum absolute atomic E-state index is 13.8. The van der Waals surface area contributed by atoms with Crippen molar-refractivity contribution in [1.29, 1.82) is 0 Å². The van der Waals surface area contributed by atoms with Crippen LogP contribution in [0.15, 0.2) is 53.0 Å². The summed E-state index contributed by atoms with van der Waals surface area (Å²) in [5, 5.41) is 0. The van der Waals surface area contributed by atoms with E-state index in [1.807, 2.05) is 25.1 Å². The van der Waals surface area contributed by atoms with Gasteiger partial charge in [-0.1, -0.05) is 46.3 Å². The fraction of sp³-hybridized carbons (Fsp3) is 0.188. The Morgan fingerprint density at radius 3 is 2.45 bits per heavy atom. The number of anilines is 1. The molecule has 0 atom stereocenters. The molecule has 0 radical (unpaired) electrons. The average Bonchev–Trinajstić information content (AvgIpc) is 2.46. The minimum atomic E-state index is -0.311. The minimum Gasteiger partial charge on any atom is -0.362 e. The quantitative estimate of drug-likeness (QED) is 0.759. The van der Waals surface area contributed by atoms with Crippen molar-refractivity contribution in [2.45, 2.75) is 6.92 Å². The Balaban J connectivity index is 2.21. The average molecular weight is 336 g/mol. The van der Waals surface area contributed by atoms with Gasteiger partial charge in [0.05, 0.1) is 12.2 Å². The van der Waals surface area contributed by atoms with E-state index >= 15 is 0 Å². The van der Waals surface area contributed by atoms with Gasteiger partial charge in [0, 0.05) is 16.6 Å². The van der Waals surface area contributed by atoms with Gasteiger partial charge >= 0.3 is 0 Å². The second kappa shape index (κ2) is 6.66. The number of halogens is 2. The number of likely N-dealkylation sites (N-methyl/N-ethyl adjacent to an activating group) is 1. The van der Waals surface area contributed by atoms with Gasteiger partial charge < -0.3 is 4.90 Å². The number of benzene rings is 2. The van der Waals surface area contributed by atoms with E-state index in [0.29, 0.717) is 17.8 Å². The maximum atomic E-state index is 13.8. The number of hydrogen-bond donors (Lipinski definition) is 0. The van der Waals surface area contributed by atoms with E-state index in [1.54, 1.807) is 29.2 Å². The number of hydrogen-bond acceptors (Lipinski definition) is 2. The largest absolute Gasteiger partial charge is 0.362 e. The Bertz CT molecular complexity index is 615. The molecule has 0 aliphatic carbocycles. The van der Waals surface area contributed by atoms with E-state index < -0.39 is 0 Å². The lowest BCUT2D eigenvalue weighted by Crippen LogP contribution is -2.30. The van der Waals surface area contributed by atoms with Gasteiger partial charge in [-0.25, -0.2) is 4.39 Å². The molecule has 0 fully saturated rings. The van der Waals surface area contributed by atoms with Crippen molar-refractivity contribution >= 4 is 27.4 Å². The van der Waals surface area contributed by atoms with Crippen LogP contribution in [0.3, 0.4) is 0 Å². The van der Waals surface area contributed by atoms with Gasteiger partial charge in [0.15, 0.2) is 5.78 Å². The molecule has 4 heteroatoms. The lowest BCUT2D eigenvalue weighted by atomic mass is 10.1. The molecule has 0 aliphatic rings. The third-order valence-electron chi connectivity index (χ3n) is 3.08. The van der Waals surface area contributed by atoms with Crippen molar-refractivity contribution in [2.75, 3.05) is 18.0 Å². The molecule has 20 heavy (non-hydrogen) atoms. The number of nitrogens with zero attached hydrogens (tertiary/aromatic N) is 1. The van der Waals surface area contributed by atoms with Crippen LogP contribution < -0.4 is 4.90 Å². The zero-order chi connectivity index (χ0) is 14.5. The number of carbonyl (C=O) groups is 1. The third kappa shape index (κ3) is 3.25. The highest BCUT2D eigenvalue weighted by molar-refractivity contribution is 9.10. The van der Waals surface area contributed by atoms with Crippen LogP contribution in [0.1, 0.15) is 17.3 Å². The highest BCUT2D eigenvalue weighted by Crippen LogP contribution is 2.21. The van der Waals surface area contributed by atoms with E-state index in [9.17, 15) is 9.18 Å². The van der Waals surface area contributed by atoms with Crippen LogP contribution in [0.2, 0.25) is 0 Å². The molecular weight excluding hydrogens is 321 g/mol. The van der Waals surface area contributed by atoms with Crippen LogP contribution >= 0.6 is 15.9 Å². The fourth-order valence-corrected chi connectivity index (χ4v) is 2.53. The van der Waals surface area contributed by atoms with Crippen LogP contribution in [-0.2, 0) is 0 Å². The predicted molar refractivity (Wildman–Crippen MR) is 82.8 cm³/mol. The summed E-state index contributed by atoms with van der Waals surface area (Å²) >= 11 is 3.37. The summed E-state index contributed by atoms with van der Waals surface area (Å²) in [6.07, 6.45) is 0. The molecule has 2 aromatic carbocycles. The summed E-state index contributed by atoms with van der Waals surface area (Å²) < 4.78 is 14.6. The molecule has 2 rings (SSSR count). The van der Waals surface area contributed by atoms with Crippen LogP contribution in [0, 0.1) is 5.82 Å². The first-order valence-corrected chi connectivity index (χ1v) is 7.20. The Kier molecular flexibility index (Phi) is 4.90. The number of para-hydroxylation sites is 1. The van der Waals surface area contributed by atoms with Crippen molar-refractivity contribution in [3.63, 3.8) is 0 Å². The van der Waals surface area contributed by atoms with Crippen molar-refractivity contribution in [3.8, 4) is 0 Å². The number of rotatable bonds is 5. The zero-order valence-electron chi connectivity index (χ0n) is 11.1. The summed E-state index contributed by atoms with van der Waals surface area (Å²) in [4.78, 5) is 14.1. The van der Waals surface area contributed by atoms with Gasteiger partial charge in [0.2, 0.25) is 0 Å². The molecule has 0 aliphatic heterocycles. The lowest BCUT2D eigenvalue weighted by Gasteiger charge is -2.23. The van der Waals surface area contributed by atoms with Gasteiger partial charge in [-0.15, -0.1) is 0 Å². The molecule has 0 spiro atoms. The standard InChI is InChI=1S/C16H15BrFNO/c1-2-19(15-10-6-5-9-14(15)18)11-16(20)12-7-3-4-8-13(12)17/h3-10H,2,11H2,1H3. The topological polar surface area (TPSA) is 20.3 Å². The van der Waals surface area contributed by atoms with Crippen LogP contribution in [0.4, 0.5) is 10.1 Å². The molecule has 0 saturated heterocycles. The first-order chi connectivity index (χ1) is 9.63. The van der Waals surface area contributed by atoms with E-state index in [-0.39, 0.29) is 18.1 Å². The molecule has 0 amide bonds. The van der Waals surface area contributed by atoms with Crippen molar-refractivity contribution in [1.82, 2.24) is 0 Å². The molecule has 104 valence electrons. The SMILES string of the molecule is CCN(CC(=O)c1ccccc1Br)c1ccccc1F. The molecule has 2 aromatic rings. The van der Waals surface area contributed by atoms with E-state index in [1.165, 1.54) is 6.07 Å². The van der Waals surface area contributed by atoms with Gasteiger partial charge in [-0.05, 0) is 25.1 Å². The third-order valence-corrected chi connectivity index (χ3v) is 3.78. The minimum absolute atomic E-state index is 0.0393. The van der Waals surface area contributed by atoms with Gasteiger partial charge in [0.25, 0.3) is 0 Å². The molecule has 2 nitrogen and oxygen atoms in total. The van der Waals surface area contributed by atoms with E-state index in [2.05, 4.69) is 15.9 Å². The highest BCUT2D eigenvalue weighted by atomic mass is 79.9. The summed E-state index contributed by atoms with van der Waals surface area (Å²) in [6.45, 7) is 2.62. The molecule has 0 aromatic heterocycles. The first kappa shape index (κ1) is 14.7. The Morgan fingerprint density at radius 1 is 1.15 bits per heavy atom. The monoisotopic (exact) mass is 335 g/mol.